The molecule has 1 amide bonds. The average Bonchev–Trinajstić information content (AvgIpc) is 2.72. The van der Waals surface area contributed by atoms with Gasteiger partial charge < -0.3 is 19.5 Å². The summed E-state index contributed by atoms with van der Waals surface area (Å²) >= 11 is 0. The van der Waals surface area contributed by atoms with Crippen molar-refractivity contribution in [1.82, 2.24) is 5.32 Å². The fourth-order valence-corrected chi connectivity index (χ4v) is 2.61. The van der Waals surface area contributed by atoms with Crippen LogP contribution in [0, 0.1) is 11.3 Å². The Bertz CT molecular complexity index is 797. The molecule has 0 saturated heterocycles. The van der Waals surface area contributed by atoms with Gasteiger partial charge in [0.2, 0.25) is 5.91 Å². The summed E-state index contributed by atoms with van der Waals surface area (Å²) in [5.41, 5.74) is 2.22. The molecule has 0 aliphatic heterocycles. The summed E-state index contributed by atoms with van der Waals surface area (Å²) in [6.07, 6.45) is 1.46. The number of carbonyl (C=O) groups is 1. The van der Waals surface area contributed by atoms with E-state index in [9.17, 15) is 4.79 Å². The molecule has 0 fully saturated rings. The Balaban J connectivity index is 1.87. The molecule has 0 saturated carbocycles. The molecule has 28 heavy (non-hydrogen) atoms. The molecule has 6 nitrogen and oxygen atoms in total. The standard InChI is InChI=1S/C22H26N2O4/c1-3-17-4-7-19(8-5-17)27-14-15-28-21-16-20(26-2)9-6-18(21)11-13-24-22(25)10-12-23/h4-9,16H,3,10-11,13-15H2,1-2H3,(H,24,25). The molecular weight excluding hydrogens is 356 g/mol. The molecule has 2 aromatic rings. The molecule has 0 bridgehead atoms. The quantitative estimate of drug-likeness (QED) is 0.603. The van der Waals surface area contributed by atoms with Crippen LogP contribution >= 0.6 is 0 Å². The predicted molar refractivity (Wildman–Crippen MR) is 107 cm³/mol. The Morgan fingerprint density at radius 1 is 1.07 bits per heavy atom. The van der Waals surface area contributed by atoms with E-state index in [0.717, 1.165) is 17.7 Å². The van der Waals surface area contributed by atoms with E-state index in [0.29, 0.717) is 37.7 Å². The fraction of sp³-hybridized carbons (Fsp3) is 0.364. The molecule has 0 heterocycles. The van der Waals surface area contributed by atoms with Gasteiger partial charge in [0.25, 0.3) is 0 Å². The van der Waals surface area contributed by atoms with E-state index in [1.807, 2.05) is 36.4 Å². The van der Waals surface area contributed by atoms with Crippen molar-refractivity contribution in [2.24, 2.45) is 0 Å². The molecule has 2 rings (SSSR count). The molecule has 1 N–H and O–H groups in total. The van der Waals surface area contributed by atoms with Crippen LogP contribution in [-0.4, -0.2) is 32.8 Å². The number of benzene rings is 2. The van der Waals surface area contributed by atoms with E-state index < -0.39 is 0 Å². The van der Waals surface area contributed by atoms with Crippen LogP contribution < -0.4 is 19.5 Å². The van der Waals surface area contributed by atoms with E-state index in [2.05, 4.69) is 24.4 Å². The summed E-state index contributed by atoms with van der Waals surface area (Å²) in [7, 11) is 1.60. The van der Waals surface area contributed by atoms with Crippen LogP contribution in [-0.2, 0) is 17.6 Å². The van der Waals surface area contributed by atoms with Crippen molar-refractivity contribution in [3.63, 3.8) is 0 Å². The van der Waals surface area contributed by atoms with Gasteiger partial charge in [-0.1, -0.05) is 25.1 Å². The minimum absolute atomic E-state index is 0.136. The van der Waals surface area contributed by atoms with Gasteiger partial charge in [-0.15, -0.1) is 0 Å². The smallest absolute Gasteiger partial charge is 0.234 e. The molecule has 0 spiro atoms. The molecule has 2 aromatic carbocycles. The maximum absolute atomic E-state index is 11.4. The summed E-state index contributed by atoms with van der Waals surface area (Å²) in [5.74, 6) is 1.93. The van der Waals surface area contributed by atoms with Crippen molar-refractivity contribution >= 4 is 5.91 Å². The topological polar surface area (TPSA) is 80.6 Å². The number of hydrogen-bond acceptors (Lipinski definition) is 5. The second kappa shape index (κ2) is 11.5. The van der Waals surface area contributed by atoms with Crippen LogP contribution in [0.3, 0.4) is 0 Å². The normalized spacial score (nSPS) is 10.0. The lowest BCUT2D eigenvalue weighted by molar-refractivity contribution is -0.120. The highest BCUT2D eigenvalue weighted by Gasteiger charge is 2.08. The van der Waals surface area contributed by atoms with Gasteiger partial charge in [0.05, 0.1) is 13.2 Å². The molecule has 0 aliphatic carbocycles. The zero-order valence-electron chi connectivity index (χ0n) is 16.4. The minimum Gasteiger partial charge on any atom is -0.497 e. The predicted octanol–water partition coefficient (Wildman–Crippen LogP) is 3.29. The van der Waals surface area contributed by atoms with Gasteiger partial charge in [0.1, 0.15) is 36.9 Å². The molecule has 0 aliphatic rings. The van der Waals surface area contributed by atoms with Crippen molar-refractivity contribution in [3.05, 3.63) is 53.6 Å². The van der Waals surface area contributed by atoms with Crippen LogP contribution in [0.4, 0.5) is 0 Å². The zero-order chi connectivity index (χ0) is 20.2. The summed E-state index contributed by atoms with van der Waals surface area (Å²) in [4.78, 5) is 11.4. The molecule has 0 radical (unpaired) electrons. The lowest BCUT2D eigenvalue weighted by Crippen LogP contribution is -2.25. The van der Waals surface area contributed by atoms with Crippen LogP contribution in [0.5, 0.6) is 17.2 Å². The Labute approximate surface area is 166 Å². The third-order valence-corrected chi connectivity index (χ3v) is 4.17. The third kappa shape index (κ3) is 6.84. The summed E-state index contributed by atoms with van der Waals surface area (Å²) in [5, 5.41) is 11.2. The number of nitrogens with one attached hydrogen (secondary N) is 1. The first kappa shape index (κ1) is 21.1. The minimum atomic E-state index is -0.277. The number of carbonyl (C=O) groups excluding carboxylic acids is 1. The lowest BCUT2D eigenvalue weighted by atomic mass is 10.1. The maximum atomic E-state index is 11.4. The largest absolute Gasteiger partial charge is 0.497 e. The Kier molecular flexibility index (Phi) is 8.67. The van der Waals surface area contributed by atoms with Crippen molar-refractivity contribution in [1.29, 1.82) is 5.26 Å². The number of ether oxygens (including phenoxy) is 3. The number of amides is 1. The van der Waals surface area contributed by atoms with E-state index in [-0.39, 0.29) is 12.3 Å². The Morgan fingerprint density at radius 3 is 2.46 bits per heavy atom. The van der Waals surface area contributed by atoms with Gasteiger partial charge in [0.15, 0.2) is 0 Å². The highest BCUT2D eigenvalue weighted by molar-refractivity contribution is 5.77. The van der Waals surface area contributed by atoms with Gasteiger partial charge in [-0.3, -0.25) is 4.79 Å². The Hall–Kier alpha value is -3.20. The van der Waals surface area contributed by atoms with Crippen molar-refractivity contribution < 1.29 is 19.0 Å². The van der Waals surface area contributed by atoms with E-state index in [1.54, 1.807) is 7.11 Å². The number of hydrogen-bond donors (Lipinski definition) is 1. The molecule has 148 valence electrons. The number of methoxy groups -OCH3 is 1. The first-order valence-electron chi connectivity index (χ1n) is 9.31. The third-order valence-electron chi connectivity index (χ3n) is 4.17. The lowest BCUT2D eigenvalue weighted by Gasteiger charge is -2.14. The van der Waals surface area contributed by atoms with Crippen molar-refractivity contribution in [3.8, 4) is 23.3 Å². The second-order valence-electron chi connectivity index (χ2n) is 6.10. The first-order valence-corrected chi connectivity index (χ1v) is 9.31. The van der Waals surface area contributed by atoms with E-state index >= 15 is 0 Å². The van der Waals surface area contributed by atoms with Gasteiger partial charge in [-0.2, -0.15) is 5.26 Å². The van der Waals surface area contributed by atoms with E-state index in [4.69, 9.17) is 19.5 Å². The van der Waals surface area contributed by atoms with E-state index in [1.165, 1.54) is 5.56 Å². The zero-order valence-corrected chi connectivity index (χ0v) is 16.4. The van der Waals surface area contributed by atoms with Crippen molar-refractivity contribution in [2.75, 3.05) is 26.9 Å². The first-order chi connectivity index (χ1) is 13.7. The van der Waals surface area contributed by atoms with Crippen LogP contribution in [0.25, 0.3) is 0 Å². The van der Waals surface area contributed by atoms with Gasteiger partial charge in [-0.05, 0) is 42.2 Å². The monoisotopic (exact) mass is 382 g/mol. The van der Waals surface area contributed by atoms with Crippen LogP contribution in [0.15, 0.2) is 42.5 Å². The average molecular weight is 382 g/mol. The summed E-state index contributed by atoms with van der Waals surface area (Å²) in [6.45, 7) is 3.35. The van der Waals surface area contributed by atoms with Gasteiger partial charge >= 0.3 is 0 Å². The number of nitriles is 1. The second-order valence-corrected chi connectivity index (χ2v) is 6.10. The summed E-state index contributed by atoms with van der Waals surface area (Å²) < 4.78 is 16.9. The fourth-order valence-electron chi connectivity index (χ4n) is 2.61. The van der Waals surface area contributed by atoms with Crippen LogP contribution in [0.2, 0.25) is 0 Å². The van der Waals surface area contributed by atoms with Crippen LogP contribution in [0.1, 0.15) is 24.5 Å². The highest BCUT2D eigenvalue weighted by atomic mass is 16.5. The molecule has 0 unspecified atom stereocenters. The van der Waals surface area contributed by atoms with Crippen molar-refractivity contribution in [2.45, 2.75) is 26.2 Å². The molecular formula is C22H26N2O4. The molecule has 0 aromatic heterocycles. The number of nitrogens with zero attached hydrogens (tertiary/aromatic N) is 1. The Morgan fingerprint density at radius 2 is 1.79 bits per heavy atom. The van der Waals surface area contributed by atoms with Gasteiger partial charge in [0, 0.05) is 12.6 Å². The number of aryl methyl sites for hydroxylation is 1. The molecule has 6 heteroatoms. The molecule has 0 atom stereocenters. The number of rotatable bonds is 11. The summed E-state index contributed by atoms with van der Waals surface area (Å²) in [6, 6.07) is 15.4. The highest BCUT2D eigenvalue weighted by Crippen LogP contribution is 2.25. The maximum Gasteiger partial charge on any atom is 0.234 e. The SMILES string of the molecule is CCc1ccc(OCCOc2cc(OC)ccc2CCNC(=O)CC#N)cc1. The van der Waals surface area contributed by atoms with Gasteiger partial charge in [-0.25, -0.2) is 0 Å².